The average Bonchev–Trinajstić information content (AvgIpc) is 2.56. The molecule has 0 aromatic heterocycles. The van der Waals surface area contributed by atoms with Crippen LogP contribution in [0.15, 0.2) is 42.5 Å². The number of carbonyl (C=O) groups excluding carboxylic acids is 1. The molecule has 2 rings (SSSR count). The van der Waals surface area contributed by atoms with Crippen LogP contribution in [0.3, 0.4) is 0 Å². The summed E-state index contributed by atoms with van der Waals surface area (Å²) in [5.41, 5.74) is 1.40. The Morgan fingerprint density at radius 2 is 1.92 bits per heavy atom. The fourth-order valence-electron chi connectivity index (χ4n) is 2.24. The van der Waals surface area contributed by atoms with Gasteiger partial charge >= 0.3 is 0 Å². The molecule has 0 bridgehead atoms. The zero-order valence-electron chi connectivity index (χ0n) is 14.8. The van der Waals surface area contributed by atoms with Gasteiger partial charge in [0.1, 0.15) is 6.61 Å². The number of halogens is 1. The molecular weight excluding hydrogens is 359 g/mol. The summed E-state index contributed by atoms with van der Waals surface area (Å²) in [6.07, 6.45) is 1.05. The van der Waals surface area contributed by atoms with Crippen molar-refractivity contribution < 1.29 is 22.3 Å². The SMILES string of the molecule is Cc1ccc(C(=O)N(C)CCOc2ccccc2F)cc1NS(C)(=O)=O. The fourth-order valence-corrected chi connectivity index (χ4v) is 2.86. The fraction of sp³-hybridized carbons (Fsp3) is 0.278. The van der Waals surface area contributed by atoms with Crippen molar-refractivity contribution in [2.45, 2.75) is 6.92 Å². The quantitative estimate of drug-likeness (QED) is 0.801. The molecule has 0 unspecified atom stereocenters. The molecule has 0 saturated heterocycles. The average molecular weight is 380 g/mol. The van der Waals surface area contributed by atoms with Gasteiger partial charge in [0.05, 0.1) is 18.5 Å². The number of nitrogens with one attached hydrogen (secondary N) is 1. The first kappa shape index (κ1) is 19.7. The van der Waals surface area contributed by atoms with E-state index >= 15 is 0 Å². The van der Waals surface area contributed by atoms with Crippen LogP contribution in [0.5, 0.6) is 5.75 Å². The number of aryl methyl sites for hydroxylation is 1. The van der Waals surface area contributed by atoms with E-state index in [1.54, 1.807) is 38.2 Å². The summed E-state index contributed by atoms with van der Waals surface area (Å²) in [5, 5.41) is 0. The zero-order chi connectivity index (χ0) is 19.3. The van der Waals surface area contributed by atoms with Crippen LogP contribution >= 0.6 is 0 Å². The lowest BCUT2D eigenvalue weighted by Gasteiger charge is -2.18. The van der Waals surface area contributed by atoms with Gasteiger partial charge in [-0.05, 0) is 36.8 Å². The molecule has 0 aliphatic rings. The van der Waals surface area contributed by atoms with Gasteiger partial charge in [0, 0.05) is 12.6 Å². The summed E-state index contributed by atoms with van der Waals surface area (Å²) in [6.45, 7) is 2.12. The van der Waals surface area contributed by atoms with Crippen molar-refractivity contribution in [1.82, 2.24) is 4.90 Å². The molecule has 0 atom stereocenters. The highest BCUT2D eigenvalue weighted by Crippen LogP contribution is 2.19. The van der Waals surface area contributed by atoms with Gasteiger partial charge in [0.15, 0.2) is 11.6 Å². The number of hydrogen-bond donors (Lipinski definition) is 1. The molecule has 0 saturated carbocycles. The number of anilines is 1. The minimum absolute atomic E-state index is 0.128. The maximum Gasteiger partial charge on any atom is 0.253 e. The van der Waals surface area contributed by atoms with Gasteiger partial charge in [-0.1, -0.05) is 18.2 Å². The minimum atomic E-state index is -3.44. The van der Waals surface area contributed by atoms with E-state index in [9.17, 15) is 17.6 Å². The minimum Gasteiger partial charge on any atom is -0.489 e. The third-order valence-electron chi connectivity index (χ3n) is 3.65. The van der Waals surface area contributed by atoms with Crippen molar-refractivity contribution in [1.29, 1.82) is 0 Å². The van der Waals surface area contributed by atoms with E-state index in [4.69, 9.17) is 4.74 Å². The van der Waals surface area contributed by atoms with Crippen LogP contribution in [0, 0.1) is 12.7 Å². The van der Waals surface area contributed by atoms with E-state index in [1.807, 2.05) is 0 Å². The van der Waals surface area contributed by atoms with Gasteiger partial charge < -0.3 is 9.64 Å². The molecule has 2 aromatic rings. The van der Waals surface area contributed by atoms with Crippen LogP contribution < -0.4 is 9.46 Å². The molecule has 1 N–H and O–H groups in total. The number of para-hydroxylation sites is 1. The van der Waals surface area contributed by atoms with Crippen LogP contribution in [-0.4, -0.2) is 45.7 Å². The molecule has 0 radical (unpaired) electrons. The van der Waals surface area contributed by atoms with Crippen molar-refractivity contribution in [3.8, 4) is 5.75 Å². The van der Waals surface area contributed by atoms with Crippen molar-refractivity contribution in [2.24, 2.45) is 0 Å². The molecule has 26 heavy (non-hydrogen) atoms. The number of amides is 1. The van der Waals surface area contributed by atoms with E-state index in [-0.39, 0.29) is 24.8 Å². The van der Waals surface area contributed by atoms with Crippen molar-refractivity contribution in [3.63, 3.8) is 0 Å². The van der Waals surface area contributed by atoms with Crippen molar-refractivity contribution in [3.05, 3.63) is 59.4 Å². The number of ether oxygens (including phenoxy) is 1. The highest BCUT2D eigenvalue weighted by atomic mass is 32.2. The van der Waals surface area contributed by atoms with Crippen molar-refractivity contribution in [2.75, 3.05) is 31.2 Å². The first-order valence-corrected chi connectivity index (χ1v) is 9.78. The Hall–Kier alpha value is -2.61. The Morgan fingerprint density at radius 1 is 1.23 bits per heavy atom. The number of carbonyl (C=O) groups is 1. The summed E-state index contributed by atoms with van der Waals surface area (Å²) in [6, 6.07) is 10.8. The summed E-state index contributed by atoms with van der Waals surface area (Å²) in [4.78, 5) is 13.9. The third kappa shape index (κ3) is 5.45. The Morgan fingerprint density at radius 3 is 2.58 bits per heavy atom. The number of hydrogen-bond acceptors (Lipinski definition) is 4. The number of sulfonamides is 1. The zero-order valence-corrected chi connectivity index (χ0v) is 15.6. The maximum atomic E-state index is 13.5. The molecular formula is C18H21FN2O4S. The Labute approximate surface area is 152 Å². The summed E-state index contributed by atoms with van der Waals surface area (Å²) in [7, 11) is -1.85. The van der Waals surface area contributed by atoms with Crippen LogP contribution in [0.25, 0.3) is 0 Å². The van der Waals surface area contributed by atoms with E-state index < -0.39 is 15.8 Å². The van der Waals surface area contributed by atoms with Crippen LogP contribution in [-0.2, 0) is 10.0 Å². The Kier molecular flexibility index (Phi) is 6.20. The molecule has 2 aromatic carbocycles. The van der Waals surface area contributed by atoms with E-state index in [0.29, 0.717) is 16.8 Å². The van der Waals surface area contributed by atoms with Crippen LogP contribution in [0.1, 0.15) is 15.9 Å². The van der Waals surface area contributed by atoms with Gasteiger partial charge in [-0.15, -0.1) is 0 Å². The molecule has 0 aliphatic carbocycles. The number of rotatable bonds is 7. The topological polar surface area (TPSA) is 75.7 Å². The molecule has 140 valence electrons. The monoisotopic (exact) mass is 380 g/mol. The Bertz CT molecular complexity index is 900. The molecule has 0 heterocycles. The lowest BCUT2D eigenvalue weighted by molar-refractivity contribution is 0.0773. The van der Waals surface area contributed by atoms with Crippen LogP contribution in [0.4, 0.5) is 10.1 Å². The van der Waals surface area contributed by atoms with Gasteiger partial charge in [-0.25, -0.2) is 12.8 Å². The second-order valence-electron chi connectivity index (χ2n) is 5.91. The number of nitrogens with zero attached hydrogens (tertiary/aromatic N) is 1. The van der Waals surface area contributed by atoms with E-state index in [2.05, 4.69) is 4.72 Å². The third-order valence-corrected chi connectivity index (χ3v) is 4.24. The Balaban J connectivity index is 2.01. The second-order valence-corrected chi connectivity index (χ2v) is 7.66. The molecule has 0 aliphatic heterocycles. The number of benzene rings is 2. The van der Waals surface area contributed by atoms with Crippen LogP contribution in [0.2, 0.25) is 0 Å². The molecule has 1 amide bonds. The van der Waals surface area contributed by atoms with Crippen molar-refractivity contribution >= 4 is 21.6 Å². The number of likely N-dealkylation sites (N-methyl/N-ethyl adjacent to an activating group) is 1. The predicted molar refractivity (Wildman–Crippen MR) is 98.5 cm³/mol. The predicted octanol–water partition coefficient (Wildman–Crippen LogP) is 2.66. The molecule has 8 heteroatoms. The first-order valence-electron chi connectivity index (χ1n) is 7.88. The highest BCUT2D eigenvalue weighted by Gasteiger charge is 2.15. The van der Waals surface area contributed by atoms with Gasteiger partial charge in [-0.2, -0.15) is 0 Å². The van der Waals surface area contributed by atoms with E-state index in [0.717, 1.165) is 6.26 Å². The highest BCUT2D eigenvalue weighted by molar-refractivity contribution is 7.92. The second kappa shape index (κ2) is 8.18. The first-order chi connectivity index (χ1) is 12.2. The maximum absolute atomic E-state index is 13.5. The molecule has 0 fully saturated rings. The normalized spacial score (nSPS) is 11.1. The molecule has 0 spiro atoms. The lowest BCUT2D eigenvalue weighted by atomic mass is 10.1. The summed E-state index contributed by atoms with van der Waals surface area (Å²) in [5.74, 6) is -0.626. The van der Waals surface area contributed by atoms with Gasteiger partial charge in [0.25, 0.3) is 5.91 Å². The molecule has 6 nitrogen and oxygen atoms in total. The smallest absolute Gasteiger partial charge is 0.253 e. The lowest BCUT2D eigenvalue weighted by Crippen LogP contribution is -2.31. The standard InChI is InChI=1S/C18H21FN2O4S/c1-13-8-9-14(12-16(13)20-26(3,23)24)18(22)21(2)10-11-25-17-7-5-4-6-15(17)19/h4-9,12,20H,10-11H2,1-3H3. The van der Waals surface area contributed by atoms with Gasteiger partial charge in [0.2, 0.25) is 10.0 Å². The van der Waals surface area contributed by atoms with E-state index in [1.165, 1.54) is 23.1 Å². The summed E-state index contributed by atoms with van der Waals surface area (Å²) < 4.78 is 44.1. The largest absolute Gasteiger partial charge is 0.489 e. The van der Waals surface area contributed by atoms with Gasteiger partial charge in [-0.3, -0.25) is 9.52 Å². The summed E-state index contributed by atoms with van der Waals surface area (Å²) >= 11 is 0.